The van der Waals surface area contributed by atoms with E-state index in [9.17, 15) is 4.79 Å². The number of fused-ring (bicyclic) bond motifs is 1. The van der Waals surface area contributed by atoms with Crippen LogP contribution in [0.25, 0.3) is 10.9 Å². The number of carbonyl (C=O) groups is 1. The average molecular weight is 280 g/mol. The van der Waals surface area contributed by atoms with Crippen LogP contribution in [0, 0.1) is 0 Å². The van der Waals surface area contributed by atoms with Crippen LogP contribution in [0.3, 0.4) is 0 Å². The number of methoxy groups -OCH3 is 1. The predicted molar refractivity (Wildman–Crippen MR) is 83.6 cm³/mol. The fourth-order valence-electron chi connectivity index (χ4n) is 2.31. The van der Waals surface area contributed by atoms with Crippen LogP contribution in [0.1, 0.15) is 5.56 Å². The Morgan fingerprint density at radius 1 is 1.14 bits per heavy atom. The molecule has 0 aliphatic rings. The van der Waals surface area contributed by atoms with E-state index < -0.39 is 0 Å². The molecular formula is C17H16N2O2. The molecule has 4 nitrogen and oxygen atoms in total. The van der Waals surface area contributed by atoms with Crippen molar-refractivity contribution in [3.8, 4) is 5.75 Å². The summed E-state index contributed by atoms with van der Waals surface area (Å²) in [4.78, 5) is 15.3. The molecule has 0 saturated heterocycles. The number of benzene rings is 2. The lowest BCUT2D eigenvalue weighted by Gasteiger charge is -2.07. The maximum absolute atomic E-state index is 12.1. The van der Waals surface area contributed by atoms with E-state index in [0.29, 0.717) is 6.42 Å². The number of hydrogen-bond acceptors (Lipinski definition) is 2. The molecule has 1 amide bonds. The zero-order valence-corrected chi connectivity index (χ0v) is 11.7. The van der Waals surface area contributed by atoms with Crippen molar-refractivity contribution in [3.63, 3.8) is 0 Å². The quantitative estimate of drug-likeness (QED) is 0.770. The van der Waals surface area contributed by atoms with Gasteiger partial charge in [-0.15, -0.1) is 0 Å². The zero-order valence-electron chi connectivity index (χ0n) is 11.7. The molecule has 0 aliphatic heterocycles. The van der Waals surface area contributed by atoms with Gasteiger partial charge < -0.3 is 15.0 Å². The number of nitrogens with one attached hydrogen (secondary N) is 2. The van der Waals surface area contributed by atoms with Gasteiger partial charge in [-0.05, 0) is 29.8 Å². The fourth-order valence-corrected chi connectivity index (χ4v) is 2.31. The van der Waals surface area contributed by atoms with E-state index >= 15 is 0 Å². The molecule has 0 radical (unpaired) electrons. The third kappa shape index (κ3) is 2.89. The van der Waals surface area contributed by atoms with Crippen LogP contribution in [0.15, 0.2) is 54.7 Å². The zero-order chi connectivity index (χ0) is 14.7. The van der Waals surface area contributed by atoms with E-state index in [4.69, 9.17) is 4.74 Å². The highest BCUT2D eigenvalue weighted by Crippen LogP contribution is 2.21. The van der Waals surface area contributed by atoms with Crippen LogP contribution in [-0.4, -0.2) is 18.0 Å². The van der Waals surface area contributed by atoms with Gasteiger partial charge in [-0.1, -0.05) is 24.3 Å². The van der Waals surface area contributed by atoms with E-state index in [-0.39, 0.29) is 5.91 Å². The summed E-state index contributed by atoms with van der Waals surface area (Å²) in [6.45, 7) is 0. The number of anilines is 1. The van der Waals surface area contributed by atoms with Crippen molar-refractivity contribution in [2.75, 3.05) is 12.4 Å². The Balaban J connectivity index is 1.72. The van der Waals surface area contributed by atoms with Gasteiger partial charge in [0.25, 0.3) is 0 Å². The lowest BCUT2D eigenvalue weighted by Crippen LogP contribution is -2.14. The summed E-state index contributed by atoms with van der Waals surface area (Å²) in [5.74, 6) is 0.748. The first-order chi connectivity index (χ1) is 10.3. The number of hydrogen-bond donors (Lipinski definition) is 2. The van der Waals surface area contributed by atoms with Crippen molar-refractivity contribution in [2.24, 2.45) is 0 Å². The molecule has 3 aromatic rings. The topological polar surface area (TPSA) is 54.1 Å². The first kappa shape index (κ1) is 13.2. The number of ether oxygens (including phenoxy) is 1. The number of amides is 1. The smallest absolute Gasteiger partial charge is 0.228 e. The normalized spacial score (nSPS) is 10.5. The Hall–Kier alpha value is -2.75. The number of aromatic amines is 1. The molecule has 0 spiro atoms. The van der Waals surface area contributed by atoms with Gasteiger partial charge >= 0.3 is 0 Å². The van der Waals surface area contributed by atoms with Crippen molar-refractivity contribution in [1.29, 1.82) is 0 Å². The van der Waals surface area contributed by atoms with Crippen LogP contribution in [0.2, 0.25) is 0 Å². The molecule has 0 saturated carbocycles. The van der Waals surface area contributed by atoms with Crippen LogP contribution in [0.4, 0.5) is 5.69 Å². The summed E-state index contributed by atoms with van der Waals surface area (Å²) < 4.78 is 5.10. The second-order valence-corrected chi connectivity index (χ2v) is 4.82. The van der Waals surface area contributed by atoms with Crippen molar-refractivity contribution < 1.29 is 9.53 Å². The van der Waals surface area contributed by atoms with E-state index in [1.165, 1.54) is 0 Å². The Labute approximate surface area is 122 Å². The first-order valence-electron chi connectivity index (χ1n) is 6.75. The minimum absolute atomic E-state index is 0.0396. The van der Waals surface area contributed by atoms with Crippen molar-refractivity contribution >= 4 is 22.5 Å². The molecule has 21 heavy (non-hydrogen) atoms. The molecule has 106 valence electrons. The van der Waals surface area contributed by atoms with E-state index in [1.807, 2.05) is 54.7 Å². The Bertz CT molecular complexity index is 760. The average Bonchev–Trinajstić information content (AvgIpc) is 2.97. The number of H-pyrrole nitrogens is 1. The minimum atomic E-state index is -0.0396. The van der Waals surface area contributed by atoms with E-state index in [1.54, 1.807) is 7.11 Å². The van der Waals surface area contributed by atoms with Crippen molar-refractivity contribution in [3.05, 3.63) is 60.3 Å². The second kappa shape index (κ2) is 5.71. The second-order valence-electron chi connectivity index (χ2n) is 4.82. The standard InChI is InChI=1S/C17H16N2O2/c1-21-14-7-5-12(6-8-14)11-16(20)19-15-4-2-3-13-9-10-18-17(13)15/h2-10,18H,11H2,1H3,(H,19,20). The Morgan fingerprint density at radius 3 is 2.71 bits per heavy atom. The molecule has 1 heterocycles. The maximum Gasteiger partial charge on any atom is 0.228 e. The lowest BCUT2D eigenvalue weighted by atomic mass is 10.1. The van der Waals surface area contributed by atoms with Gasteiger partial charge in [0.05, 0.1) is 24.7 Å². The summed E-state index contributed by atoms with van der Waals surface area (Å²) in [7, 11) is 1.62. The van der Waals surface area contributed by atoms with Gasteiger partial charge in [0.1, 0.15) is 5.75 Å². The molecule has 0 unspecified atom stereocenters. The van der Waals surface area contributed by atoms with Gasteiger partial charge in [0, 0.05) is 11.6 Å². The van der Waals surface area contributed by atoms with E-state index in [0.717, 1.165) is 27.9 Å². The van der Waals surface area contributed by atoms with Crippen LogP contribution >= 0.6 is 0 Å². The third-order valence-electron chi connectivity index (χ3n) is 3.39. The lowest BCUT2D eigenvalue weighted by molar-refractivity contribution is -0.115. The van der Waals surface area contributed by atoms with Crippen LogP contribution in [-0.2, 0) is 11.2 Å². The highest BCUT2D eigenvalue weighted by Gasteiger charge is 2.07. The van der Waals surface area contributed by atoms with Gasteiger partial charge in [0.15, 0.2) is 0 Å². The minimum Gasteiger partial charge on any atom is -0.497 e. The molecule has 0 bridgehead atoms. The largest absolute Gasteiger partial charge is 0.497 e. The van der Waals surface area contributed by atoms with Gasteiger partial charge in [-0.2, -0.15) is 0 Å². The monoisotopic (exact) mass is 280 g/mol. The summed E-state index contributed by atoms with van der Waals surface area (Å²) in [5, 5.41) is 4.03. The molecule has 0 aliphatic carbocycles. The molecule has 2 N–H and O–H groups in total. The Morgan fingerprint density at radius 2 is 1.95 bits per heavy atom. The maximum atomic E-state index is 12.1. The third-order valence-corrected chi connectivity index (χ3v) is 3.39. The predicted octanol–water partition coefficient (Wildman–Crippen LogP) is 3.36. The van der Waals surface area contributed by atoms with Crippen LogP contribution in [0.5, 0.6) is 5.75 Å². The number of carbonyl (C=O) groups excluding carboxylic acids is 1. The molecular weight excluding hydrogens is 264 g/mol. The van der Waals surface area contributed by atoms with Gasteiger partial charge in [0.2, 0.25) is 5.91 Å². The molecule has 1 aromatic heterocycles. The summed E-state index contributed by atoms with van der Waals surface area (Å²) in [6, 6.07) is 15.3. The molecule has 0 fully saturated rings. The van der Waals surface area contributed by atoms with Crippen molar-refractivity contribution in [2.45, 2.75) is 6.42 Å². The SMILES string of the molecule is COc1ccc(CC(=O)Nc2cccc3cc[nH]c23)cc1. The summed E-state index contributed by atoms with van der Waals surface area (Å²) in [5.41, 5.74) is 2.70. The molecule has 2 aromatic carbocycles. The highest BCUT2D eigenvalue weighted by atomic mass is 16.5. The molecule has 3 rings (SSSR count). The Kier molecular flexibility index (Phi) is 3.60. The summed E-state index contributed by atoms with van der Waals surface area (Å²) in [6.07, 6.45) is 2.20. The molecule has 0 atom stereocenters. The molecule has 4 heteroatoms. The first-order valence-corrected chi connectivity index (χ1v) is 6.75. The van der Waals surface area contributed by atoms with Crippen molar-refractivity contribution in [1.82, 2.24) is 4.98 Å². The van der Waals surface area contributed by atoms with Gasteiger partial charge in [-0.3, -0.25) is 4.79 Å². The fraction of sp³-hybridized carbons (Fsp3) is 0.118. The highest BCUT2D eigenvalue weighted by molar-refractivity contribution is 6.01. The number of aromatic nitrogens is 1. The number of rotatable bonds is 4. The van der Waals surface area contributed by atoms with Crippen LogP contribution < -0.4 is 10.1 Å². The van der Waals surface area contributed by atoms with Gasteiger partial charge in [-0.25, -0.2) is 0 Å². The van der Waals surface area contributed by atoms with E-state index in [2.05, 4.69) is 10.3 Å². The summed E-state index contributed by atoms with van der Waals surface area (Å²) >= 11 is 0. The number of para-hydroxylation sites is 1.